The van der Waals surface area contributed by atoms with Crippen molar-refractivity contribution < 1.29 is 14.3 Å². The van der Waals surface area contributed by atoms with Crippen molar-refractivity contribution in [3.63, 3.8) is 0 Å². The lowest BCUT2D eigenvalue weighted by Crippen LogP contribution is -2.30. The summed E-state index contributed by atoms with van der Waals surface area (Å²) >= 11 is 4.88. The van der Waals surface area contributed by atoms with Gasteiger partial charge in [-0.05, 0) is 46.1 Å². The molecule has 0 aliphatic rings. The first-order valence-corrected chi connectivity index (χ1v) is 11.8. The Balaban J connectivity index is 1.54. The topological polar surface area (TPSA) is 94.8 Å². The van der Waals surface area contributed by atoms with E-state index in [2.05, 4.69) is 31.4 Å². The Morgan fingerprint density at radius 1 is 1.24 bits per heavy atom. The van der Waals surface area contributed by atoms with Crippen LogP contribution in [0.3, 0.4) is 0 Å². The van der Waals surface area contributed by atoms with Gasteiger partial charge in [0.05, 0.1) is 36.6 Å². The van der Waals surface area contributed by atoms with Gasteiger partial charge in [0.1, 0.15) is 11.4 Å². The zero-order valence-electron chi connectivity index (χ0n) is 18.7. The number of thiophene rings is 1. The van der Waals surface area contributed by atoms with E-state index in [1.807, 2.05) is 37.3 Å². The molecule has 0 aliphatic carbocycles. The van der Waals surface area contributed by atoms with E-state index in [9.17, 15) is 9.59 Å². The van der Waals surface area contributed by atoms with Gasteiger partial charge in [-0.1, -0.05) is 30.3 Å². The second kappa shape index (κ2) is 10.2. The van der Waals surface area contributed by atoms with Crippen LogP contribution in [-0.4, -0.2) is 35.9 Å². The monoisotopic (exact) mass is 540 g/mol. The molecule has 4 rings (SSSR count). The summed E-state index contributed by atoms with van der Waals surface area (Å²) in [5.41, 5.74) is 4.66. The average Bonchev–Trinajstić information content (AvgIpc) is 3.17. The van der Waals surface area contributed by atoms with Crippen LogP contribution in [0.4, 0.5) is 0 Å². The molecular weight excluding hydrogens is 520 g/mol. The number of benzene rings is 2. The van der Waals surface area contributed by atoms with Gasteiger partial charge in [-0.2, -0.15) is 5.10 Å². The van der Waals surface area contributed by atoms with Crippen molar-refractivity contribution in [1.29, 1.82) is 0 Å². The number of carbonyl (C=O) groups excluding carboxylic acids is 1. The van der Waals surface area contributed by atoms with E-state index in [1.165, 1.54) is 35.6 Å². The van der Waals surface area contributed by atoms with E-state index in [-0.39, 0.29) is 12.1 Å². The van der Waals surface area contributed by atoms with E-state index in [0.29, 0.717) is 31.8 Å². The van der Waals surface area contributed by atoms with Crippen molar-refractivity contribution in [1.82, 2.24) is 15.0 Å². The first-order valence-electron chi connectivity index (χ1n) is 10.2. The molecule has 0 saturated carbocycles. The molecule has 1 amide bonds. The normalized spacial score (nSPS) is 11.2. The number of methoxy groups -OCH3 is 2. The maximum absolute atomic E-state index is 13.2. The predicted molar refractivity (Wildman–Crippen MR) is 137 cm³/mol. The van der Waals surface area contributed by atoms with Crippen LogP contribution in [0.15, 0.2) is 63.2 Å². The number of hydrogen-bond donors (Lipinski definition) is 1. The molecule has 174 valence electrons. The molecule has 0 spiro atoms. The summed E-state index contributed by atoms with van der Waals surface area (Å²) in [5.74, 6) is 0.632. The maximum Gasteiger partial charge on any atom is 0.263 e. The van der Waals surface area contributed by atoms with Crippen LogP contribution in [0.2, 0.25) is 0 Å². The third kappa shape index (κ3) is 4.73. The Hall–Kier alpha value is -3.50. The second-order valence-electron chi connectivity index (χ2n) is 7.29. The van der Waals surface area contributed by atoms with Crippen LogP contribution in [0.25, 0.3) is 21.3 Å². The van der Waals surface area contributed by atoms with Gasteiger partial charge in [0, 0.05) is 10.4 Å². The first-order chi connectivity index (χ1) is 16.4. The molecular formula is C24H21BrN4O4S. The number of fused-ring (bicyclic) bond motifs is 1. The summed E-state index contributed by atoms with van der Waals surface area (Å²) in [6.07, 6.45) is 2.87. The predicted octanol–water partition coefficient (Wildman–Crippen LogP) is 4.36. The van der Waals surface area contributed by atoms with Crippen molar-refractivity contribution in [3.8, 4) is 22.6 Å². The molecule has 1 N–H and O–H groups in total. The Labute approximate surface area is 208 Å². The van der Waals surface area contributed by atoms with Crippen molar-refractivity contribution in [2.24, 2.45) is 5.10 Å². The van der Waals surface area contributed by atoms with Crippen LogP contribution in [0.5, 0.6) is 11.5 Å². The summed E-state index contributed by atoms with van der Waals surface area (Å²) < 4.78 is 12.6. The molecule has 4 aromatic rings. The molecule has 2 heterocycles. The zero-order valence-corrected chi connectivity index (χ0v) is 21.1. The summed E-state index contributed by atoms with van der Waals surface area (Å²) in [6, 6.07) is 13.2. The molecule has 2 aromatic heterocycles. The number of carbonyl (C=O) groups is 1. The van der Waals surface area contributed by atoms with Crippen LogP contribution in [-0.2, 0) is 11.3 Å². The zero-order chi connectivity index (χ0) is 24.2. The van der Waals surface area contributed by atoms with E-state index in [1.54, 1.807) is 19.2 Å². The summed E-state index contributed by atoms with van der Waals surface area (Å²) in [4.78, 5) is 31.7. The molecule has 10 heteroatoms. The lowest BCUT2D eigenvalue weighted by atomic mass is 10.0. The van der Waals surface area contributed by atoms with Crippen molar-refractivity contribution >= 4 is 49.6 Å². The van der Waals surface area contributed by atoms with Gasteiger partial charge in [0.15, 0.2) is 11.5 Å². The molecule has 0 atom stereocenters. The highest BCUT2D eigenvalue weighted by Crippen LogP contribution is 2.36. The number of ether oxygens (including phenoxy) is 2. The fourth-order valence-electron chi connectivity index (χ4n) is 3.58. The smallest absolute Gasteiger partial charge is 0.263 e. The van der Waals surface area contributed by atoms with E-state index in [0.717, 1.165) is 16.0 Å². The highest BCUT2D eigenvalue weighted by Gasteiger charge is 2.17. The van der Waals surface area contributed by atoms with Gasteiger partial charge in [0.25, 0.3) is 11.5 Å². The number of halogens is 1. The third-order valence-corrected chi connectivity index (χ3v) is 6.69. The van der Waals surface area contributed by atoms with Crippen LogP contribution in [0, 0.1) is 6.92 Å². The summed E-state index contributed by atoms with van der Waals surface area (Å²) in [7, 11) is 3.08. The molecule has 0 aliphatic heterocycles. The molecule has 0 radical (unpaired) electrons. The quantitative estimate of drug-likeness (QED) is 0.277. The fourth-order valence-corrected chi connectivity index (χ4v) is 5.21. The van der Waals surface area contributed by atoms with Crippen LogP contribution in [0.1, 0.15) is 10.4 Å². The van der Waals surface area contributed by atoms with E-state index in [4.69, 9.17) is 9.47 Å². The van der Waals surface area contributed by atoms with Crippen molar-refractivity contribution in [2.45, 2.75) is 13.5 Å². The minimum atomic E-state index is -0.452. The van der Waals surface area contributed by atoms with Gasteiger partial charge in [-0.25, -0.2) is 10.4 Å². The first kappa shape index (κ1) is 23.7. The van der Waals surface area contributed by atoms with E-state index >= 15 is 0 Å². The van der Waals surface area contributed by atoms with Gasteiger partial charge < -0.3 is 9.47 Å². The number of hydrogen-bond acceptors (Lipinski definition) is 7. The molecule has 2 aromatic carbocycles. The minimum absolute atomic E-state index is 0.210. The molecule has 8 nitrogen and oxygen atoms in total. The van der Waals surface area contributed by atoms with Crippen molar-refractivity contribution in [3.05, 3.63) is 74.1 Å². The van der Waals surface area contributed by atoms with E-state index < -0.39 is 5.91 Å². The number of nitrogens with one attached hydrogen (secondary N) is 1. The number of aryl methyl sites for hydroxylation is 1. The largest absolute Gasteiger partial charge is 0.493 e. The number of hydrazone groups is 1. The summed E-state index contributed by atoms with van der Waals surface area (Å²) in [5, 5.41) is 4.51. The van der Waals surface area contributed by atoms with Crippen molar-refractivity contribution in [2.75, 3.05) is 14.2 Å². The molecule has 34 heavy (non-hydrogen) atoms. The lowest BCUT2D eigenvalue weighted by molar-refractivity contribution is -0.121. The third-order valence-electron chi connectivity index (χ3n) is 5.09. The maximum atomic E-state index is 13.2. The standard InChI is InChI=1S/C24H21BrN4O4S/c1-14-20(16-7-5-4-6-8-16)21-23(34-14)26-13-29(24(21)31)12-19(30)28-27-11-15-9-17(25)22(33-3)18(10-15)32-2/h4-11,13H,12H2,1-3H3,(H,28,30). The van der Waals surface area contributed by atoms with Gasteiger partial charge in [-0.3, -0.25) is 14.2 Å². The molecule has 0 bridgehead atoms. The number of nitrogens with zero attached hydrogens (tertiary/aromatic N) is 3. The Morgan fingerprint density at radius 3 is 2.71 bits per heavy atom. The number of amides is 1. The minimum Gasteiger partial charge on any atom is -0.493 e. The highest BCUT2D eigenvalue weighted by atomic mass is 79.9. The average molecular weight is 541 g/mol. The summed E-state index contributed by atoms with van der Waals surface area (Å²) in [6.45, 7) is 1.75. The Kier molecular flexibility index (Phi) is 7.09. The molecule has 0 unspecified atom stereocenters. The fraction of sp³-hybridized carbons (Fsp3) is 0.167. The van der Waals surface area contributed by atoms with Gasteiger partial charge in [-0.15, -0.1) is 11.3 Å². The van der Waals surface area contributed by atoms with Gasteiger partial charge in [0.2, 0.25) is 0 Å². The van der Waals surface area contributed by atoms with Crippen LogP contribution >= 0.6 is 27.3 Å². The second-order valence-corrected chi connectivity index (χ2v) is 9.35. The lowest BCUT2D eigenvalue weighted by Gasteiger charge is -2.10. The SMILES string of the molecule is COc1cc(C=NNC(=O)Cn2cnc3sc(C)c(-c4ccccc4)c3c2=O)cc(Br)c1OC. The van der Waals surface area contributed by atoms with Crippen LogP contribution < -0.4 is 20.5 Å². The molecule has 0 saturated heterocycles. The highest BCUT2D eigenvalue weighted by molar-refractivity contribution is 9.10. The number of rotatable bonds is 7. The van der Waals surface area contributed by atoms with Gasteiger partial charge >= 0.3 is 0 Å². The Morgan fingerprint density at radius 2 is 2.00 bits per heavy atom. The Bertz CT molecular complexity index is 1450. The molecule has 0 fully saturated rings. The number of aromatic nitrogens is 2.